The van der Waals surface area contributed by atoms with Gasteiger partial charge in [0.2, 0.25) is 0 Å². The maximum absolute atomic E-state index is 13.2. The summed E-state index contributed by atoms with van der Waals surface area (Å²) in [7, 11) is 0. The van der Waals surface area contributed by atoms with Gasteiger partial charge < -0.3 is 5.73 Å². The fourth-order valence-corrected chi connectivity index (χ4v) is 2.89. The van der Waals surface area contributed by atoms with Crippen molar-refractivity contribution in [3.8, 4) is 0 Å². The Labute approximate surface area is 101 Å². The molecule has 2 rings (SSSR count). The highest BCUT2D eigenvalue weighted by atomic mass is 19.1. The third-order valence-electron chi connectivity index (χ3n) is 3.77. The second-order valence-corrected chi connectivity index (χ2v) is 4.94. The van der Waals surface area contributed by atoms with Crippen molar-refractivity contribution in [1.29, 1.82) is 0 Å². The predicted molar refractivity (Wildman–Crippen MR) is 64.7 cm³/mol. The van der Waals surface area contributed by atoms with Crippen molar-refractivity contribution in [1.82, 2.24) is 0 Å². The third-order valence-corrected chi connectivity index (χ3v) is 3.77. The summed E-state index contributed by atoms with van der Waals surface area (Å²) in [6, 6.07) is 3.85. The van der Waals surface area contributed by atoms with Gasteiger partial charge in [-0.3, -0.25) is 0 Å². The zero-order valence-corrected chi connectivity index (χ0v) is 9.96. The van der Waals surface area contributed by atoms with Crippen LogP contribution in [-0.4, -0.2) is 6.54 Å². The SMILES string of the molecule is NCC1CCCCCC1c1cc(F)cc(F)c1. The molecule has 1 aliphatic rings. The Bertz CT molecular complexity index is 358. The smallest absolute Gasteiger partial charge is 0.126 e. The first kappa shape index (κ1) is 12.5. The van der Waals surface area contributed by atoms with Gasteiger partial charge in [0.15, 0.2) is 0 Å². The van der Waals surface area contributed by atoms with Crippen LogP contribution in [0.1, 0.15) is 43.6 Å². The normalized spacial score (nSPS) is 25.6. The molecule has 0 radical (unpaired) electrons. The van der Waals surface area contributed by atoms with Crippen LogP contribution in [0.15, 0.2) is 18.2 Å². The molecule has 17 heavy (non-hydrogen) atoms. The van der Waals surface area contributed by atoms with Gasteiger partial charge in [-0.2, -0.15) is 0 Å². The molecular weight excluding hydrogens is 220 g/mol. The highest BCUT2D eigenvalue weighted by molar-refractivity contribution is 5.23. The minimum absolute atomic E-state index is 0.215. The first-order valence-corrected chi connectivity index (χ1v) is 6.37. The molecule has 1 aromatic carbocycles. The first-order chi connectivity index (χ1) is 8.20. The quantitative estimate of drug-likeness (QED) is 0.784. The van der Waals surface area contributed by atoms with Gasteiger partial charge in [0.05, 0.1) is 0 Å². The molecule has 2 atom stereocenters. The van der Waals surface area contributed by atoms with Gasteiger partial charge in [0.1, 0.15) is 11.6 Å². The molecule has 0 amide bonds. The number of rotatable bonds is 2. The largest absolute Gasteiger partial charge is 0.330 e. The molecule has 94 valence electrons. The lowest BCUT2D eigenvalue weighted by atomic mass is 9.82. The Balaban J connectivity index is 2.27. The summed E-state index contributed by atoms with van der Waals surface area (Å²) in [5.41, 5.74) is 6.57. The van der Waals surface area contributed by atoms with Gasteiger partial charge in [-0.05, 0) is 48.9 Å². The van der Waals surface area contributed by atoms with Crippen LogP contribution in [0.4, 0.5) is 8.78 Å². The molecule has 0 bridgehead atoms. The average Bonchev–Trinajstić information content (AvgIpc) is 2.52. The topological polar surface area (TPSA) is 26.0 Å². The Morgan fingerprint density at radius 1 is 1.00 bits per heavy atom. The average molecular weight is 239 g/mol. The molecule has 0 aliphatic heterocycles. The fourth-order valence-electron chi connectivity index (χ4n) is 2.89. The van der Waals surface area contributed by atoms with E-state index in [1.54, 1.807) is 0 Å². The molecule has 0 spiro atoms. The van der Waals surface area contributed by atoms with E-state index in [4.69, 9.17) is 5.73 Å². The number of hydrogen-bond donors (Lipinski definition) is 1. The summed E-state index contributed by atoms with van der Waals surface area (Å²) in [4.78, 5) is 0. The van der Waals surface area contributed by atoms with Crippen LogP contribution in [0, 0.1) is 17.6 Å². The molecule has 2 unspecified atom stereocenters. The lowest BCUT2D eigenvalue weighted by molar-refractivity contribution is 0.405. The summed E-state index contributed by atoms with van der Waals surface area (Å²) in [6.07, 6.45) is 5.56. The van der Waals surface area contributed by atoms with Crippen molar-refractivity contribution >= 4 is 0 Å². The Morgan fingerprint density at radius 2 is 1.65 bits per heavy atom. The van der Waals surface area contributed by atoms with Crippen LogP contribution < -0.4 is 5.73 Å². The van der Waals surface area contributed by atoms with E-state index in [9.17, 15) is 8.78 Å². The van der Waals surface area contributed by atoms with Gasteiger partial charge in [0, 0.05) is 6.07 Å². The van der Waals surface area contributed by atoms with Crippen LogP contribution in [-0.2, 0) is 0 Å². The van der Waals surface area contributed by atoms with E-state index in [1.165, 1.54) is 25.0 Å². The highest BCUT2D eigenvalue weighted by Gasteiger charge is 2.24. The van der Waals surface area contributed by atoms with Gasteiger partial charge >= 0.3 is 0 Å². The van der Waals surface area contributed by atoms with E-state index in [0.717, 1.165) is 30.9 Å². The van der Waals surface area contributed by atoms with Crippen molar-refractivity contribution in [3.05, 3.63) is 35.4 Å². The molecule has 1 nitrogen and oxygen atoms in total. The van der Waals surface area contributed by atoms with Gasteiger partial charge in [-0.25, -0.2) is 8.78 Å². The number of hydrogen-bond acceptors (Lipinski definition) is 1. The van der Waals surface area contributed by atoms with E-state index >= 15 is 0 Å². The maximum atomic E-state index is 13.2. The Hall–Kier alpha value is -0.960. The van der Waals surface area contributed by atoms with E-state index in [0.29, 0.717) is 12.5 Å². The Kier molecular flexibility index (Phi) is 4.11. The van der Waals surface area contributed by atoms with Crippen LogP contribution in [0.3, 0.4) is 0 Å². The highest BCUT2D eigenvalue weighted by Crippen LogP contribution is 2.36. The van der Waals surface area contributed by atoms with Gasteiger partial charge in [-0.1, -0.05) is 19.3 Å². The van der Waals surface area contributed by atoms with E-state index in [2.05, 4.69) is 0 Å². The lowest BCUT2D eigenvalue weighted by Gasteiger charge is -2.24. The number of benzene rings is 1. The number of nitrogens with two attached hydrogens (primary N) is 1. The zero-order valence-electron chi connectivity index (χ0n) is 9.96. The van der Waals surface area contributed by atoms with Crippen molar-refractivity contribution < 1.29 is 8.78 Å². The van der Waals surface area contributed by atoms with Crippen molar-refractivity contribution in [2.75, 3.05) is 6.54 Å². The summed E-state index contributed by atoms with van der Waals surface area (Å²) < 4.78 is 26.5. The standard InChI is InChI=1S/C14H19F2N/c15-12-6-11(7-13(16)8-12)14-5-3-1-2-4-10(14)9-17/h6-8,10,14H,1-5,9,17H2. The molecule has 3 heteroatoms. The molecular formula is C14H19F2N. The van der Waals surface area contributed by atoms with Crippen molar-refractivity contribution in [3.63, 3.8) is 0 Å². The van der Waals surface area contributed by atoms with Gasteiger partial charge in [0.25, 0.3) is 0 Å². The lowest BCUT2D eigenvalue weighted by Crippen LogP contribution is -2.21. The minimum atomic E-state index is -0.486. The molecule has 0 aromatic heterocycles. The van der Waals surface area contributed by atoms with E-state index in [-0.39, 0.29) is 5.92 Å². The van der Waals surface area contributed by atoms with Crippen LogP contribution in [0.25, 0.3) is 0 Å². The van der Waals surface area contributed by atoms with Crippen LogP contribution in [0.2, 0.25) is 0 Å². The molecule has 1 fully saturated rings. The molecule has 0 saturated heterocycles. The summed E-state index contributed by atoms with van der Waals surface area (Å²) in [5, 5.41) is 0. The molecule has 2 N–H and O–H groups in total. The number of halogens is 2. The molecule has 1 aliphatic carbocycles. The van der Waals surface area contributed by atoms with Gasteiger partial charge in [-0.15, -0.1) is 0 Å². The van der Waals surface area contributed by atoms with Crippen LogP contribution >= 0.6 is 0 Å². The zero-order chi connectivity index (χ0) is 12.3. The third kappa shape index (κ3) is 3.03. The summed E-state index contributed by atoms with van der Waals surface area (Å²) in [5.74, 6) is -0.397. The molecule has 0 heterocycles. The molecule has 1 aromatic rings. The maximum Gasteiger partial charge on any atom is 0.126 e. The van der Waals surface area contributed by atoms with Crippen molar-refractivity contribution in [2.24, 2.45) is 11.7 Å². The predicted octanol–water partition coefficient (Wildman–Crippen LogP) is 3.59. The summed E-state index contributed by atoms with van der Waals surface area (Å²) in [6.45, 7) is 0.600. The second kappa shape index (κ2) is 5.58. The monoisotopic (exact) mass is 239 g/mol. The first-order valence-electron chi connectivity index (χ1n) is 6.37. The second-order valence-electron chi connectivity index (χ2n) is 4.94. The van der Waals surface area contributed by atoms with Crippen molar-refractivity contribution in [2.45, 2.75) is 38.0 Å². The Morgan fingerprint density at radius 3 is 2.29 bits per heavy atom. The minimum Gasteiger partial charge on any atom is -0.330 e. The van der Waals surface area contributed by atoms with E-state index in [1.807, 2.05) is 0 Å². The van der Waals surface area contributed by atoms with Crippen LogP contribution in [0.5, 0.6) is 0 Å². The summed E-state index contributed by atoms with van der Waals surface area (Å²) >= 11 is 0. The van der Waals surface area contributed by atoms with E-state index < -0.39 is 11.6 Å². The molecule has 1 saturated carbocycles. The fraction of sp³-hybridized carbons (Fsp3) is 0.571.